The van der Waals surface area contributed by atoms with E-state index in [0.29, 0.717) is 16.5 Å². The summed E-state index contributed by atoms with van der Waals surface area (Å²) in [6, 6.07) is 0.460. The number of hydrogen-bond donors (Lipinski definition) is 1. The number of aryl methyl sites for hydroxylation is 2. The Hall–Kier alpha value is 0.160. The van der Waals surface area contributed by atoms with Crippen molar-refractivity contribution in [2.24, 2.45) is 0 Å². The summed E-state index contributed by atoms with van der Waals surface area (Å²) < 4.78 is 2.06. The van der Waals surface area contributed by atoms with Crippen LogP contribution in [0.15, 0.2) is 0 Å². The molecule has 1 aliphatic heterocycles. The van der Waals surface area contributed by atoms with Gasteiger partial charge in [0.05, 0.1) is 16.4 Å². The number of likely N-dealkylation sites (N-methyl/N-ethyl adjacent to an activating group) is 1. The Bertz CT molecular complexity index is 464. The molecule has 2 rings (SSSR count). The molecular weight excluding hydrogens is 322 g/mol. The third-order valence-corrected chi connectivity index (χ3v) is 7.71. The molecule has 0 aliphatic carbocycles. The lowest BCUT2D eigenvalue weighted by atomic mass is 10.0. The molecule has 1 aromatic rings. The molecule has 3 atom stereocenters. The molecule has 1 N–H and O–H groups in total. The van der Waals surface area contributed by atoms with Crippen LogP contribution in [0.25, 0.3) is 0 Å². The van der Waals surface area contributed by atoms with Crippen LogP contribution < -0.4 is 5.32 Å². The smallest absolute Gasteiger partial charge is 0.0847 e. The van der Waals surface area contributed by atoms with E-state index in [2.05, 4.69) is 59.4 Å². The fraction of sp³-hybridized carbons (Fsp3) is 0.800. The molecule has 0 spiro atoms. The van der Waals surface area contributed by atoms with Crippen LogP contribution in [-0.4, -0.2) is 44.4 Å². The second-order valence-corrected chi connectivity index (χ2v) is 8.59. The lowest BCUT2D eigenvalue weighted by Gasteiger charge is -2.35. The average molecular weight is 348 g/mol. The number of nitrogens with one attached hydrogen (secondary N) is 1. The molecule has 3 unspecified atom stereocenters. The number of rotatable bonds is 6. The van der Waals surface area contributed by atoms with Gasteiger partial charge in [-0.25, -0.2) is 0 Å². The van der Waals surface area contributed by atoms with Crippen molar-refractivity contribution in [3.63, 3.8) is 0 Å². The molecule has 0 bridgehead atoms. The van der Waals surface area contributed by atoms with Crippen LogP contribution in [0.3, 0.4) is 0 Å². The number of hydrogen-bond acceptors (Lipinski definition) is 4. The van der Waals surface area contributed by atoms with E-state index in [4.69, 9.17) is 11.6 Å². The summed E-state index contributed by atoms with van der Waals surface area (Å²) in [5.74, 6) is 2.52. The van der Waals surface area contributed by atoms with Gasteiger partial charge in [0.1, 0.15) is 0 Å². The summed E-state index contributed by atoms with van der Waals surface area (Å²) in [4.78, 5) is 0. The van der Waals surface area contributed by atoms with Gasteiger partial charge < -0.3 is 5.32 Å². The van der Waals surface area contributed by atoms with Gasteiger partial charge in [-0.15, -0.1) is 0 Å². The molecule has 1 aromatic heterocycles. The largest absolute Gasteiger partial charge is 0.313 e. The summed E-state index contributed by atoms with van der Waals surface area (Å²) in [7, 11) is 0. The molecule has 0 saturated carbocycles. The van der Waals surface area contributed by atoms with Gasteiger partial charge in [0, 0.05) is 41.0 Å². The lowest BCUT2D eigenvalue weighted by molar-refractivity contribution is 0.480. The van der Waals surface area contributed by atoms with E-state index in [-0.39, 0.29) is 0 Å². The van der Waals surface area contributed by atoms with Crippen molar-refractivity contribution in [3.8, 4) is 0 Å². The predicted octanol–water partition coefficient (Wildman–Crippen LogP) is 3.62. The SMILES string of the molecule is CCNC(Cc1c(Cl)c(C)nn1CC)C1SCCSC1C. The highest BCUT2D eigenvalue weighted by molar-refractivity contribution is 8.07. The van der Waals surface area contributed by atoms with E-state index in [0.717, 1.165) is 30.2 Å². The minimum absolute atomic E-state index is 0.460. The molecule has 1 saturated heterocycles. The molecule has 1 aliphatic rings. The predicted molar refractivity (Wildman–Crippen MR) is 97.0 cm³/mol. The van der Waals surface area contributed by atoms with Crippen molar-refractivity contribution >= 4 is 35.1 Å². The van der Waals surface area contributed by atoms with Gasteiger partial charge in [0.2, 0.25) is 0 Å². The van der Waals surface area contributed by atoms with Crippen LogP contribution in [-0.2, 0) is 13.0 Å². The van der Waals surface area contributed by atoms with Gasteiger partial charge >= 0.3 is 0 Å². The first-order valence-electron chi connectivity index (χ1n) is 7.76. The summed E-state index contributed by atoms with van der Waals surface area (Å²) >= 11 is 10.7. The average Bonchev–Trinajstić information content (AvgIpc) is 2.75. The fourth-order valence-corrected chi connectivity index (χ4v) is 6.10. The highest BCUT2D eigenvalue weighted by Crippen LogP contribution is 2.35. The van der Waals surface area contributed by atoms with Crippen LogP contribution in [0.4, 0.5) is 0 Å². The minimum atomic E-state index is 0.460. The topological polar surface area (TPSA) is 29.9 Å². The molecule has 21 heavy (non-hydrogen) atoms. The summed E-state index contributed by atoms with van der Waals surface area (Å²) in [5, 5.41) is 10.4. The van der Waals surface area contributed by atoms with Gasteiger partial charge in [-0.05, 0) is 20.4 Å². The Kier molecular flexibility index (Phi) is 6.79. The first kappa shape index (κ1) is 17.5. The second kappa shape index (κ2) is 8.14. The van der Waals surface area contributed by atoms with Gasteiger partial charge in [-0.3, -0.25) is 4.68 Å². The molecule has 0 aromatic carbocycles. The van der Waals surface area contributed by atoms with Crippen molar-refractivity contribution in [2.45, 2.75) is 57.2 Å². The van der Waals surface area contributed by atoms with E-state index in [1.807, 2.05) is 6.92 Å². The molecule has 2 heterocycles. The van der Waals surface area contributed by atoms with Crippen molar-refractivity contribution < 1.29 is 0 Å². The monoisotopic (exact) mass is 347 g/mol. The minimum Gasteiger partial charge on any atom is -0.313 e. The van der Waals surface area contributed by atoms with E-state index < -0.39 is 0 Å². The Morgan fingerprint density at radius 3 is 2.71 bits per heavy atom. The molecule has 0 amide bonds. The first-order chi connectivity index (χ1) is 10.1. The molecule has 0 radical (unpaired) electrons. The number of thioether (sulfide) groups is 2. The van der Waals surface area contributed by atoms with Crippen LogP contribution in [0, 0.1) is 6.92 Å². The summed E-state index contributed by atoms with van der Waals surface area (Å²) in [6.45, 7) is 10.5. The Morgan fingerprint density at radius 1 is 1.38 bits per heavy atom. The van der Waals surface area contributed by atoms with Crippen molar-refractivity contribution in [3.05, 3.63) is 16.4 Å². The van der Waals surface area contributed by atoms with Gasteiger partial charge in [0.15, 0.2) is 0 Å². The highest BCUT2D eigenvalue weighted by atomic mass is 35.5. The Morgan fingerprint density at radius 2 is 2.10 bits per heavy atom. The Labute approximate surface area is 142 Å². The molecule has 3 nitrogen and oxygen atoms in total. The standard InChI is InChI=1S/C15H26ClN3S2/c1-5-17-12(15-11(4)20-7-8-21-15)9-13-14(16)10(3)18-19(13)6-2/h11-12,15,17H,5-9H2,1-4H3. The Balaban J connectivity index is 2.19. The molecular formula is C15H26ClN3S2. The fourth-order valence-electron chi connectivity index (χ4n) is 2.93. The third-order valence-electron chi connectivity index (χ3n) is 3.97. The van der Waals surface area contributed by atoms with E-state index in [1.165, 1.54) is 17.2 Å². The lowest BCUT2D eigenvalue weighted by Crippen LogP contribution is -2.46. The summed E-state index contributed by atoms with van der Waals surface area (Å²) in [6.07, 6.45) is 0.962. The van der Waals surface area contributed by atoms with Crippen molar-refractivity contribution in [1.82, 2.24) is 15.1 Å². The third kappa shape index (κ3) is 4.12. The van der Waals surface area contributed by atoms with Crippen LogP contribution in [0.1, 0.15) is 32.2 Å². The van der Waals surface area contributed by atoms with Crippen LogP contribution in [0.5, 0.6) is 0 Å². The maximum absolute atomic E-state index is 6.49. The number of halogens is 1. The zero-order valence-electron chi connectivity index (χ0n) is 13.4. The zero-order chi connectivity index (χ0) is 15.4. The van der Waals surface area contributed by atoms with Crippen molar-refractivity contribution in [1.29, 1.82) is 0 Å². The highest BCUT2D eigenvalue weighted by Gasteiger charge is 2.31. The molecule has 1 fully saturated rings. The second-order valence-electron chi connectivity index (χ2n) is 5.44. The van der Waals surface area contributed by atoms with Crippen LogP contribution in [0.2, 0.25) is 5.02 Å². The van der Waals surface area contributed by atoms with E-state index >= 15 is 0 Å². The normalized spacial score (nSPS) is 24.2. The van der Waals surface area contributed by atoms with Gasteiger partial charge in [0.25, 0.3) is 0 Å². The van der Waals surface area contributed by atoms with E-state index in [1.54, 1.807) is 0 Å². The van der Waals surface area contributed by atoms with Crippen molar-refractivity contribution in [2.75, 3.05) is 18.1 Å². The maximum Gasteiger partial charge on any atom is 0.0847 e. The maximum atomic E-state index is 6.49. The first-order valence-corrected chi connectivity index (χ1v) is 10.2. The summed E-state index contributed by atoms with van der Waals surface area (Å²) in [5.41, 5.74) is 2.13. The zero-order valence-corrected chi connectivity index (χ0v) is 15.7. The van der Waals surface area contributed by atoms with Gasteiger partial charge in [-0.2, -0.15) is 28.6 Å². The number of aromatic nitrogens is 2. The van der Waals surface area contributed by atoms with E-state index in [9.17, 15) is 0 Å². The van der Waals surface area contributed by atoms with Gasteiger partial charge in [-0.1, -0.05) is 25.4 Å². The quantitative estimate of drug-likeness (QED) is 0.851. The number of nitrogens with zero attached hydrogens (tertiary/aromatic N) is 2. The molecule has 120 valence electrons. The van der Waals surface area contributed by atoms with Crippen LogP contribution >= 0.6 is 35.1 Å². The molecule has 6 heteroatoms.